The van der Waals surface area contributed by atoms with Crippen LogP contribution in [0.3, 0.4) is 0 Å². The third-order valence-corrected chi connectivity index (χ3v) is 11.4. The molecule has 1 heterocycles. The molecule has 2 atom stereocenters. The van der Waals surface area contributed by atoms with Crippen LogP contribution in [-0.4, -0.2) is 41.6 Å². The minimum atomic E-state index is -2.31. The van der Waals surface area contributed by atoms with Gasteiger partial charge in [0.2, 0.25) is 8.32 Å². The fourth-order valence-corrected chi connectivity index (χ4v) is 5.11. The van der Waals surface area contributed by atoms with Gasteiger partial charge in [-0.2, -0.15) is 0 Å². The summed E-state index contributed by atoms with van der Waals surface area (Å²) in [5.41, 5.74) is -0.785. The fourth-order valence-electron chi connectivity index (χ4n) is 3.99. The lowest BCUT2D eigenvalue weighted by Crippen LogP contribution is -2.49. The molecule has 8 heteroatoms. The average Bonchev–Trinajstić information content (AvgIpc) is 2.98. The number of carbonyl (C=O) groups is 1. The van der Waals surface area contributed by atoms with Crippen LogP contribution < -0.4 is 4.90 Å². The number of nitrogens with zero attached hydrogens (tertiary/aromatic N) is 1. The Kier molecular flexibility index (Phi) is 7.89. The molecule has 0 aliphatic carbocycles. The standard InChI is InChI=1S/C29H41NO6Si/c1-27(2,3)35-26(33)30-24-12-10-9-11-23(24)29(34,25(30)32)19-22(36-37(7,8)28(4,5)6)18-15-20-13-16-21(31)17-14-20/h9-14,16-18,25,31-32,34H,15,19H2,1-8H3/b22-18-. The molecule has 37 heavy (non-hydrogen) atoms. The first kappa shape index (κ1) is 28.8. The second kappa shape index (κ2) is 10.2. The summed E-state index contributed by atoms with van der Waals surface area (Å²) >= 11 is 0. The number of benzene rings is 2. The number of anilines is 1. The van der Waals surface area contributed by atoms with Crippen molar-refractivity contribution in [2.45, 2.75) is 89.9 Å². The van der Waals surface area contributed by atoms with Crippen LogP contribution in [0.1, 0.15) is 59.1 Å². The molecule has 2 aromatic rings. The molecule has 0 radical (unpaired) electrons. The first-order chi connectivity index (χ1) is 16.9. The predicted octanol–water partition coefficient (Wildman–Crippen LogP) is 6.19. The zero-order chi connectivity index (χ0) is 27.8. The van der Waals surface area contributed by atoms with Gasteiger partial charge >= 0.3 is 6.09 Å². The maximum Gasteiger partial charge on any atom is 0.417 e. The lowest BCUT2D eigenvalue weighted by atomic mass is 9.90. The van der Waals surface area contributed by atoms with Gasteiger partial charge in [0.15, 0.2) is 6.23 Å². The van der Waals surface area contributed by atoms with Gasteiger partial charge in [0.05, 0.1) is 11.4 Å². The number of rotatable bonds is 6. The number of ether oxygens (including phenoxy) is 1. The zero-order valence-electron chi connectivity index (χ0n) is 23.2. The number of phenolic OH excluding ortho intramolecular Hbond substituents is 1. The van der Waals surface area contributed by atoms with Crippen molar-refractivity contribution < 1.29 is 29.3 Å². The van der Waals surface area contributed by atoms with Crippen LogP contribution in [0.25, 0.3) is 0 Å². The number of hydrogen-bond acceptors (Lipinski definition) is 6. The Morgan fingerprint density at radius 1 is 1.05 bits per heavy atom. The van der Waals surface area contributed by atoms with Crippen molar-refractivity contribution in [3.05, 3.63) is 71.5 Å². The molecule has 1 amide bonds. The highest BCUT2D eigenvalue weighted by Crippen LogP contribution is 2.48. The summed E-state index contributed by atoms with van der Waals surface area (Å²) in [5, 5.41) is 32.9. The molecule has 0 spiro atoms. The minimum Gasteiger partial charge on any atom is -0.547 e. The molecular weight excluding hydrogens is 486 g/mol. The van der Waals surface area contributed by atoms with Gasteiger partial charge in [0.25, 0.3) is 0 Å². The van der Waals surface area contributed by atoms with Gasteiger partial charge in [-0.05, 0) is 75.2 Å². The lowest BCUT2D eigenvalue weighted by Gasteiger charge is -2.39. The zero-order valence-corrected chi connectivity index (χ0v) is 24.2. The van der Waals surface area contributed by atoms with E-state index in [1.54, 1.807) is 57.2 Å². The Morgan fingerprint density at radius 2 is 1.65 bits per heavy atom. The highest BCUT2D eigenvalue weighted by Gasteiger charge is 2.53. The maximum absolute atomic E-state index is 13.1. The molecule has 0 fully saturated rings. The number of aliphatic hydroxyl groups excluding tert-OH is 1. The van der Waals surface area contributed by atoms with Crippen molar-refractivity contribution in [1.82, 2.24) is 0 Å². The summed E-state index contributed by atoms with van der Waals surface area (Å²) in [5.74, 6) is 0.731. The molecule has 0 saturated heterocycles. The van der Waals surface area contributed by atoms with Crippen LogP contribution in [0.4, 0.5) is 10.5 Å². The van der Waals surface area contributed by atoms with Crippen LogP contribution >= 0.6 is 0 Å². The second-order valence-corrected chi connectivity index (χ2v) is 17.0. The van der Waals surface area contributed by atoms with Crippen molar-refractivity contribution >= 4 is 20.1 Å². The number of amides is 1. The molecule has 0 bridgehead atoms. The topological polar surface area (TPSA) is 99.5 Å². The molecule has 0 aromatic heterocycles. The number of hydrogen-bond donors (Lipinski definition) is 3. The van der Waals surface area contributed by atoms with Gasteiger partial charge in [-0.15, -0.1) is 0 Å². The van der Waals surface area contributed by atoms with E-state index in [0.29, 0.717) is 23.4 Å². The average molecular weight is 528 g/mol. The molecule has 7 nitrogen and oxygen atoms in total. The molecule has 1 aliphatic rings. The predicted molar refractivity (Wildman–Crippen MR) is 148 cm³/mol. The number of allylic oxidation sites excluding steroid dienone is 1. The quantitative estimate of drug-likeness (QED) is 0.306. The summed E-state index contributed by atoms with van der Waals surface area (Å²) in [4.78, 5) is 14.2. The van der Waals surface area contributed by atoms with Gasteiger partial charge in [-0.25, -0.2) is 9.69 Å². The lowest BCUT2D eigenvalue weighted by molar-refractivity contribution is -0.0749. The summed E-state index contributed by atoms with van der Waals surface area (Å²) < 4.78 is 12.2. The van der Waals surface area contributed by atoms with Gasteiger partial charge in [-0.1, -0.05) is 51.1 Å². The fraction of sp³-hybridized carbons (Fsp3) is 0.483. The molecular formula is C29H41NO6Si. The van der Waals surface area contributed by atoms with E-state index in [2.05, 4.69) is 33.9 Å². The highest BCUT2D eigenvalue weighted by molar-refractivity contribution is 6.74. The third-order valence-electron chi connectivity index (χ3n) is 7.03. The van der Waals surface area contributed by atoms with Crippen LogP contribution in [-0.2, 0) is 21.2 Å². The third kappa shape index (κ3) is 6.37. The van der Waals surface area contributed by atoms with Crippen molar-refractivity contribution in [1.29, 1.82) is 0 Å². The number of fused-ring (bicyclic) bond motifs is 1. The number of carbonyl (C=O) groups excluding carboxylic acids is 1. The second-order valence-electron chi connectivity index (χ2n) is 12.2. The first-order valence-electron chi connectivity index (χ1n) is 12.6. The van der Waals surface area contributed by atoms with E-state index in [9.17, 15) is 20.1 Å². The number of aromatic hydroxyl groups is 1. The molecule has 2 unspecified atom stereocenters. The van der Waals surface area contributed by atoms with E-state index in [-0.39, 0.29) is 17.2 Å². The van der Waals surface area contributed by atoms with E-state index in [4.69, 9.17) is 9.16 Å². The monoisotopic (exact) mass is 527 g/mol. The van der Waals surface area contributed by atoms with E-state index in [0.717, 1.165) is 10.5 Å². The summed E-state index contributed by atoms with van der Waals surface area (Å²) in [6, 6.07) is 13.8. The van der Waals surface area contributed by atoms with Crippen LogP contribution in [0.5, 0.6) is 5.75 Å². The van der Waals surface area contributed by atoms with E-state index >= 15 is 0 Å². The molecule has 1 aliphatic heterocycles. The molecule has 0 saturated carbocycles. The van der Waals surface area contributed by atoms with E-state index in [1.165, 1.54) is 0 Å². The minimum absolute atomic E-state index is 0.0327. The Balaban J connectivity index is 2.01. The Labute approximate surface area is 221 Å². The van der Waals surface area contributed by atoms with Crippen molar-refractivity contribution in [3.8, 4) is 5.75 Å². The van der Waals surface area contributed by atoms with E-state index < -0.39 is 31.8 Å². The van der Waals surface area contributed by atoms with Crippen LogP contribution in [0, 0.1) is 0 Å². The first-order valence-corrected chi connectivity index (χ1v) is 15.5. The molecule has 202 valence electrons. The summed E-state index contributed by atoms with van der Waals surface area (Å²) in [6.45, 7) is 15.9. The maximum atomic E-state index is 13.1. The largest absolute Gasteiger partial charge is 0.547 e. The number of phenols is 1. The smallest absolute Gasteiger partial charge is 0.417 e. The summed E-state index contributed by atoms with van der Waals surface area (Å²) in [6.07, 6.45) is 0.0855. The van der Waals surface area contributed by atoms with E-state index in [1.807, 2.05) is 18.2 Å². The Bertz CT molecular complexity index is 1150. The highest BCUT2D eigenvalue weighted by atomic mass is 28.4. The number of para-hydroxylation sites is 1. The molecule has 3 N–H and O–H groups in total. The van der Waals surface area contributed by atoms with Crippen molar-refractivity contribution in [3.63, 3.8) is 0 Å². The normalized spacial score (nSPS) is 20.5. The van der Waals surface area contributed by atoms with Crippen molar-refractivity contribution in [2.75, 3.05) is 4.90 Å². The van der Waals surface area contributed by atoms with Crippen LogP contribution in [0.2, 0.25) is 18.1 Å². The van der Waals surface area contributed by atoms with Gasteiger partial charge < -0.3 is 24.5 Å². The SMILES string of the molecule is CC(C)(C)OC(=O)N1c2ccccc2C(O)(C/C(=C/Cc2ccc(O)cc2)O[Si](C)(C)C(C)(C)C)C1O. The van der Waals surface area contributed by atoms with Gasteiger partial charge in [-0.3, -0.25) is 0 Å². The number of aliphatic hydroxyl groups is 2. The Hall–Kier alpha value is -2.81. The van der Waals surface area contributed by atoms with Gasteiger partial charge in [0.1, 0.15) is 17.0 Å². The Morgan fingerprint density at radius 3 is 2.22 bits per heavy atom. The molecule has 3 rings (SSSR count). The van der Waals surface area contributed by atoms with Crippen molar-refractivity contribution in [2.24, 2.45) is 0 Å². The molecule has 2 aromatic carbocycles. The summed E-state index contributed by atoms with van der Waals surface area (Å²) in [7, 11) is -2.31. The van der Waals surface area contributed by atoms with Gasteiger partial charge in [0, 0.05) is 12.0 Å². The van der Waals surface area contributed by atoms with Crippen LogP contribution in [0.15, 0.2) is 60.4 Å².